The Morgan fingerprint density at radius 2 is 2.23 bits per heavy atom. The SMILES string of the molecule is CCN=CC(=CN)c1nc(NC2CCCCC2N)c(F)c2c1C(=O)NC2. The topological polar surface area (TPSA) is 118 Å². The third-order valence-electron chi connectivity index (χ3n) is 4.90. The van der Waals surface area contributed by atoms with E-state index in [9.17, 15) is 9.18 Å². The summed E-state index contributed by atoms with van der Waals surface area (Å²) in [6, 6.07) is -0.0936. The quantitative estimate of drug-likeness (QED) is 0.594. The maximum absolute atomic E-state index is 15.0. The number of pyridine rings is 1. The number of halogens is 1. The van der Waals surface area contributed by atoms with Gasteiger partial charge < -0.3 is 22.1 Å². The molecule has 1 aromatic heterocycles. The number of fused-ring (bicyclic) bond motifs is 1. The van der Waals surface area contributed by atoms with Crippen LogP contribution in [0, 0.1) is 5.82 Å². The van der Waals surface area contributed by atoms with Crippen molar-refractivity contribution in [2.45, 2.75) is 51.2 Å². The van der Waals surface area contributed by atoms with Crippen LogP contribution in [0.15, 0.2) is 11.2 Å². The summed E-state index contributed by atoms with van der Waals surface area (Å²) in [7, 11) is 0. The van der Waals surface area contributed by atoms with Crippen LogP contribution in [0.2, 0.25) is 0 Å². The fourth-order valence-corrected chi connectivity index (χ4v) is 3.47. The lowest BCUT2D eigenvalue weighted by Gasteiger charge is -2.30. The maximum Gasteiger partial charge on any atom is 0.254 e. The van der Waals surface area contributed by atoms with Crippen LogP contribution in [0.5, 0.6) is 0 Å². The summed E-state index contributed by atoms with van der Waals surface area (Å²) in [6.07, 6.45) is 6.78. The number of hydrogen-bond acceptors (Lipinski definition) is 6. The lowest BCUT2D eigenvalue weighted by atomic mass is 9.91. The lowest BCUT2D eigenvalue weighted by Crippen LogP contribution is -2.43. The van der Waals surface area contributed by atoms with Crippen molar-refractivity contribution in [3.8, 4) is 0 Å². The molecule has 6 N–H and O–H groups in total. The first-order valence-corrected chi connectivity index (χ1v) is 9.01. The molecule has 0 saturated heterocycles. The third kappa shape index (κ3) is 3.41. The molecule has 1 saturated carbocycles. The van der Waals surface area contributed by atoms with E-state index >= 15 is 0 Å². The Kier molecular flexibility index (Phi) is 5.51. The number of aliphatic imine (C=N–C) groups is 1. The predicted molar refractivity (Wildman–Crippen MR) is 100 cm³/mol. The first-order chi connectivity index (χ1) is 12.6. The van der Waals surface area contributed by atoms with E-state index in [-0.39, 0.29) is 35.9 Å². The van der Waals surface area contributed by atoms with Gasteiger partial charge in [-0.15, -0.1) is 0 Å². The van der Waals surface area contributed by atoms with Gasteiger partial charge in [0, 0.05) is 48.7 Å². The largest absolute Gasteiger partial charge is 0.404 e. The van der Waals surface area contributed by atoms with Gasteiger partial charge in [0.1, 0.15) is 0 Å². The summed E-state index contributed by atoms with van der Waals surface area (Å²) >= 11 is 0. The Bertz CT molecular complexity index is 761. The van der Waals surface area contributed by atoms with E-state index in [1.54, 1.807) is 6.21 Å². The molecule has 140 valence electrons. The molecule has 3 rings (SSSR count). The molecule has 1 aliphatic carbocycles. The second kappa shape index (κ2) is 7.82. The van der Waals surface area contributed by atoms with Crippen molar-refractivity contribution < 1.29 is 9.18 Å². The van der Waals surface area contributed by atoms with Gasteiger partial charge in [0.15, 0.2) is 11.6 Å². The molecule has 1 aliphatic heterocycles. The molecule has 7 nitrogen and oxygen atoms in total. The van der Waals surface area contributed by atoms with Gasteiger partial charge in [0.2, 0.25) is 0 Å². The zero-order valence-corrected chi connectivity index (χ0v) is 14.9. The van der Waals surface area contributed by atoms with Crippen LogP contribution in [0.3, 0.4) is 0 Å². The minimum Gasteiger partial charge on any atom is -0.404 e. The molecule has 1 amide bonds. The fourth-order valence-electron chi connectivity index (χ4n) is 3.47. The second-order valence-corrected chi connectivity index (χ2v) is 6.61. The van der Waals surface area contributed by atoms with Crippen LogP contribution in [0.25, 0.3) is 5.57 Å². The molecule has 2 unspecified atom stereocenters. The predicted octanol–water partition coefficient (Wildman–Crippen LogP) is 1.54. The number of amides is 1. The number of allylic oxidation sites excluding steroid dienone is 1. The second-order valence-electron chi connectivity index (χ2n) is 6.61. The van der Waals surface area contributed by atoms with Crippen LogP contribution in [-0.4, -0.2) is 35.7 Å². The summed E-state index contributed by atoms with van der Waals surface area (Å²) in [5, 5.41) is 5.81. The molecular formula is C18H25FN6O. The number of nitrogens with zero attached hydrogens (tertiary/aromatic N) is 2. The van der Waals surface area contributed by atoms with Crippen LogP contribution in [0.4, 0.5) is 10.2 Å². The van der Waals surface area contributed by atoms with Crippen molar-refractivity contribution in [2.24, 2.45) is 16.5 Å². The number of carbonyl (C=O) groups is 1. The average molecular weight is 360 g/mol. The van der Waals surface area contributed by atoms with E-state index in [0.717, 1.165) is 25.7 Å². The average Bonchev–Trinajstić information content (AvgIpc) is 3.03. The third-order valence-corrected chi connectivity index (χ3v) is 4.90. The number of carbonyl (C=O) groups excluding carboxylic acids is 1. The van der Waals surface area contributed by atoms with Crippen LogP contribution >= 0.6 is 0 Å². The molecule has 0 bridgehead atoms. The zero-order valence-electron chi connectivity index (χ0n) is 14.9. The van der Waals surface area contributed by atoms with Crippen molar-refractivity contribution in [1.82, 2.24) is 10.3 Å². The molecule has 2 aliphatic rings. The van der Waals surface area contributed by atoms with E-state index in [1.165, 1.54) is 6.20 Å². The van der Waals surface area contributed by atoms with Crippen LogP contribution in [0.1, 0.15) is 54.2 Å². The van der Waals surface area contributed by atoms with E-state index < -0.39 is 5.82 Å². The van der Waals surface area contributed by atoms with Gasteiger partial charge in [0.05, 0.1) is 11.3 Å². The van der Waals surface area contributed by atoms with Gasteiger partial charge in [-0.1, -0.05) is 12.8 Å². The first-order valence-electron chi connectivity index (χ1n) is 9.01. The Labute approximate surface area is 152 Å². The highest BCUT2D eigenvalue weighted by Gasteiger charge is 2.32. The van der Waals surface area contributed by atoms with Gasteiger partial charge in [-0.3, -0.25) is 9.79 Å². The smallest absolute Gasteiger partial charge is 0.254 e. The summed E-state index contributed by atoms with van der Waals surface area (Å²) in [5.41, 5.74) is 13.2. The number of nitrogens with one attached hydrogen (secondary N) is 2. The van der Waals surface area contributed by atoms with Crippen molar-refractivity contribution in [2.75, 3.05) is 11.9 Å². The number of hydrogen-bond donors (Lipinski definition) is 4. The Balaban J connectivity index is 2.05. The molecule has 0 radical (unpaired) electrons. The summed E-state index contributed by atoms with van der Waals surface area (Å²) in [5.74, 6) is -0.753. The number of anilines is 1. The van der Waals surface area contributed by atoms with Crippen LogP contribution < -0.4 is 22.1 Å². The van der Waals surface area contributed by atoms with E-state index in [0.29, 0.717) is 23.4 Å². The van der Waals surface area contributed by atoms with E-state index in [1.807, 2.05) is 6.92 Å². The standard InChI is InChI=1S/C18H25FN6O/c1-2-22-8-10(7-20)16-14-11(9-23-18(14)26)15(19)17(25-16)24-13-6-4-3-5-12(13)21/h7-8,12-13H,2-6,9,20-21H2,1H3,(H,23,26)(H,24,25). The molecule has 1 aromatic rings. The first kappa shape index (κ1) is 18.3. The molecule has 2 heterocycles. The Hall–Kier alpha value is -2.48. The van der Waals surface area contributed by atoms with Crippen molar-refractivity contribution in [1.29, 1.82) is 0 Å². The van der Waals surface area contributed by atoms with Gasteiger partial charge in [-0.05, 0) is 19.8 Å². The maximum atomic E-state index is 15.0. The van der Waals surface area contributed by atoms with Crippen molar-refractivity contribution >= 4 is 23.5 Å². The summed E-state index contributed by atoms with van der Waals surface area (Å²) in [6.45, 7) is 2.58. The molecule has 8 heteroatoms. The summed E-state index contributed by atoms with van der Waals surface area (Å²) in [4.78, 5) is 20.8. The number of aromatic nitrogens is 1. The molecular weight excluding hydrogens is 335 g/mol. The van der Waals surface area contributed by atoms with E-state index in [4.69, 9.17) is 11.5 Å². The van der Waals surface area contributed by atoms with Gasteiger partial charge in [-0.2, -0.15) is 0 Å². The highest BCUT2D eigenvalue weighted by molar-refractivity contribution is 6.14. The molecule has 0 aromatic carbocycles. The molecule has 2 atom stereocenters. The normalized spacial score (nSPS) is 23.2. The Morgan fingerprint density at radius 1 is 1.46 bits per heavy atom. The highest BCUT2D eigenvalue weighted by atomic mass is 19.1. The minimum atomic E-state index is -0.510. The zero-order chi connectivity index (χ0) is 18.7. The van der Waals surface area contributed by atoms with Gasteiger partial charge in [-0.25, -0.2) is 9.37 Å². The minimum absolute atomic E-state index is 0.0451. The Morgan fingerprint density at radius 3 is 2.92 bits per heavy atom. The van der Waals surface area contributed by atoms with Gasteiger partial charge >= 0.3 is 0 Å². The highest BCUT2D eigenvalue weighted by Crippen LogP contribution is 2.31. The monoisotopic (exact) mass is 360 g/mol. The van der Waals surface area contributed by atoms with Gasteiger partial charge in [0.25, 0.3) is 5.91 Å². The van der Waals surface area contributed by atoms with Crippen LogP contribution in [-0.2, 0) is 6.54 Å². The van der Waals surface area contributed by atoms with E-state index in [2.05, 4.69) is 20.6 Å². The number of nitrogens with two attached hydrogens (primary N) is 2. The fraction of sp³-hybridized carbons (Fsp3) is 0.500. The molecule has 1 fully saturated rings. The lowest BCUT2D eigenvalue weighted by molar-refractivity contribution is 0.0965. The molecule has 0 spiro atoms. The number of rotatable bonds is 5. The van der Waals surface area contributed by atoms with Crippen molar-refractivity contribution in [3.63, 3.8) is 0 Å². The molecule has 26 heavy (non-hydrogen) atoms. The van der Waals surface area contributed by atoms with Crippen molar-refractivity contribution in [3.05, 3.63) is 28.8 Å². The summed E-state index contributed by atoms with van der Waals surface area (Å²) < 4.78 is 15.0.